The molecule has 1 aromatic heterocycles. The van der Waals surface area contributed by atoms with Crippen molar-refractivity contribution in [1.29, 1.82) is 0 Å². The van der Waals surface area contributed by atoms with Gasteiger partial charge in [0.05, 0.1) is 5.41 Å². The van der Waals surface area contributed by atoms with Gasteiger partial charge in [-0.3, -0.25) is 4.79 Å². The van der Waals surface area contributed by atoms with E-state index >= 15 is 0 Å². The second-order valence-corrected chi connectivity index (χ2v) is 5.14. The van der Waals surface area contributed by atoms with E-state index < -0.39 is 17.3 Å². The van der Waals surface area contributed by atoms with Crippen molar-refractivity contribution >= 4 is 24.3 Å². The van der Waals surface area contributed by atoms with Crippen LogP contribution in [0.15, 0.2) is 12.3 Å². The molecule has 0 saturated heterocycles. The van der Waals surface area contributed by atoms with Crippen molar-refractivity contribution in [3.8, 4) is 0 Å². The molecular weight excluding hydrogens is 347 g/mol. The van der Waals surface area contributed by atoms with Crippen LogP contribution in [-0.2, 0) is 11.0 Å². The number of nitrogens with one attached hydrogen (secondary N) is 2. The first-order chi connectivity index (χ1) is 10.8. The molecule has 1 rings (SSSR count). The molecule has 1 heterocycles. The summed E-state index contributed by atoms with van der Waals surface area (Å²) in [5.41, 5.74) is 4.06. The Kier molecular flexibility index (Phi) is 8.98. The molecule has 138 valence electrons. The zero-order valence-electron chi connectivity index (χ0n) is 13.6. The molecule has 0 spiro atoms. The number of rotatable bonds is 8. The largest absolute Gasteiger partial charge is 0.433 e. The first kappa shape index (κ1) is 22.4. The van der Waals surface area contributed by atoms with Crippen molar-refractivity contribution < 1.29 is 18.0 Å². The Bertz CT molecular complexity index is 515. The highest BCUT2D eigenvalue weighted by molar-refractivity contribution is 5.85. The number of aromatic nitrogens is 2. The van der Waals surface area contributed by atoms with Gasteiger partial charge < -0.3 is 16.4 Å². The number of anilines is 1. The highest BCUT2D eigenvalue weighted by Gasteiger charge is 2.33. The zero-order chi connectivity index (χ0) is 17.5. The van der Waals surface area contributed by atoms with Crippen LogP contribution in [0.4, 0.5) is 19.1 Å². The topological polar surface area (TPSA) is 92.9 Å². The summed E-state index contributed by atoms with van der Waals surface area (Å²) in [6.45, 7) is 4.48. The van der Waals surface area contributed by atoms with Crippen molar-refractivity contribution in [3.63, 3.8) is 0 Å². The van der Waals surface area contributed by atoms with Crippen molar-refractivity contribution in [3.05, 3.63) is 18.0 Å². The molecule has 1 amide bonds. The highest BCUT2D eigenvalue weighted by Crippen LogP contribution is 2.27. The van der Waals surface area contributed by atoms with Gasteiger partial charge in [-0.2, -0.15) is 13.2 Å². The van der Waals surface area contributed by atoms with E-state index in [1.807, 2.05) is 13.8 Å². The minimum atomic E-state index is -4.52. The van der Waals surface area contributed by atoms with Crippen molar-refractivity contribution in [1.82, 2.24) is 15.3 Å². The average molecular weight is 370 g/mol. The van der Waals surface area contributed by atoms with Gasteiger partial charge in [0.25, 0.3) is 0 Å². The highest BCUT2D eigenvalue weighted by atomic mass is 35.5. The standard InChI is InChI=1S/C14H22F3N5O.ClH/c1-3-13(4-2,9-18)11(23)19-7-8-21-12-20-6-5-10(22-12)14(15,16)17;/h5-6H,3-4,7-9,18H2,1-2H3,(H,19,23)(H,20,21,22);1H. The van der Waals surface area contributed by atoms with E-state index in [9.17, 15) is 18.0 Å². The molecule has 0 aromatic carbocycles. The third kappa shape index (κ3) is 5.79. The molecule has 0 saturated carbocycles. The molecule has 24 heavy (non-hydrogen) atoms. The second kappa shape index (κ2) is 9.63. The smallest absolute Gasteiger partial charge is 0.354 e. The summed E-state index contributed by atoms with van der Waals surface area (Å²) in [6.07, 6.45) is -2.24. The molecule has 0 aliphatic rings. The second-order valence-electron chi connectivity index (χ2n) is 5.14. The summed E-state index contributed by atoms with van der Waals surface area (Å²) < 4.78 is 37.6. The number of alkyl halides is 3. The van der Waals surface area contributed by atoms with E-state index in [1.165, 1.54) is 0 Å². The molecule has 6 nitrogen and oxygen atoms in total. The Balaban J connectivity index is 0.00000529. The number of halogens is 4. The van der Waals surface area contributed by atoms with Gasteiger partial charge in [0.1, 0.15) is 5.69 Å². The van der Waals surface area contributed by atoms with Crippen LogP contribution >= 0.6 is 12.4 Å². The number of hydrogen-bond donors (Lipinski definition) is 3. The van der Waals surface area contributed by atoms with Gasteiger partial charge in [0.15, 0.2) is 0 Å². The molecule has 4 N–H and O–H groups in total. The molecule has 0 bridgehead atoms. The lowest BCUT2D eigenvalue weighted by atomic mass is 9.81. The summed E-state index contributed by atoms with van der Waals surface area (Å²) >= 11 is 0. The Morgan fingerprint density at radius 2 is 1.88 bits per heavy atom. The van der Waals surface area contributed by atoms with Crippen LogP contribution in [0.5, 0.6) is 0 Å². The first-order valence-electron chi connectivity index (χ1n) is 7.41. The van der Waals surface area contributed by atoms with Crippen LogP contribution in [0.2, 0.25) is 0 Å². The minimum absolute atomic E-state index is 0. The normalized spacial score (nSPS) is 11.6. The minimum Gasteiger partial charge on any atom is -0.354 e. The molecule has 1 aromatic rings. The lowest BCUT2D eigenvalue weighted by molar-refractivity contribution is -0.141. The number of nitrogens with two attached hydrogens (primary N) is 1. The van der Waals surface area contributed by atoms with Gasteiger partial charge >= 0.3 is 6.18 Å². The molecular formula is C14H23ClF3N5O. The lowest BCUT2D eigenvalue weighted by Gasteiger charge is -2.28. The average Bonchev–Trinajstić information content (AvgIpc) is 2.53. The van der Waals surface area contributed by atoms with Gasteiger partial charge in [-0.1, -0.05) is 13.8 Å². The Morgan fingerprint density at radius 1 is 1.25 bits per heavy atom. The summed E-state index contributed by atoms with van der Waals surface area (Å²) in [6, 6.07) is 0.797. The lowest BCUT2D eigenvalue weighted by Crippen LogP contribution is -2.46. The number of nitrogens with zero attached hydrogens (tertiary/aromatic N) is 2. The van der Waals surface area contributed by atoms with E-state index in [0.29, 0.717) is 12.8 Å². The number of carbonyl (C=O) groups is 1. The fourth-order valence-corrected chi connectivity index (χ4v) is 2.09. The predicted octanol–water partition coefficient (Wildman–Crippen LogP) is 2.21. The van der Waals surface area contributed by atoms with Gasteiger partial charge in [-0.05, 0) is 18.9 Å². The van der Waals surface area contributed by atoms with Crippen LogP contribution < -0.4 is 16.4 Å². The Hall–Kier alpha value is -1.61. The van der Waals surface area contributed by atoms with Crippen LogP contribution in [0.3, 0.4) is 0 Å². The number of carbonyl (C=O) groups excluding carboxylic acids is 1. The van der Waals surface area contributed by atoms with E-state index in [4.69, 9.17) is 5.73 Å². The molecule has 0 aliphatic heterocycles. The third-order valence-corrected chi connectivity index (χ3v) is 3.87. The Labute approximate surface area is 145 Å². The Morgan fingerprint density at radius 3 is 2.38 bits per heavy atom. The maximum Gasteiger partial charge on any atom is 0.433 e. The SMILES string of the molecule is CCC(CC)(CN)C(=O)NCCNc1nccc(C(F)(F)F)n1.Cl. The van der Waals surface area contributed by atoms with Crippen molar-refractivity contribution in [2.75, 3.05) is 25.0 Å². The van der Waals surface area contributed by atoms with Crippen LogP contribution in [0.1, 0.15) is 32.4 Å². The van der Waals surface area contributed by atoms with Crippen molar-refractivity contribution in [2.24, 2.45) is 11.1 Å². The molecule has 0 fully saturated rings. The predicted molar refractivity (Wildman–Crippen MR) is 87.9 cm³/mol. The molecule has 0 aliphatic carbocycles. The van der Waals surface area contributed by atoms with E-state index in [2.05, 4.69) is 20.6 Å². The molecule has 0 atom stereocenters. The fourth-order valence-electron chi connectivity index (χ4n) is 2.09. The third-order valence-electron chi connectivity index (χ3n) is 3.87. The van der Waals surface area contributed by atoms with Crippen LogP contribution in [0, 0.1) is 5.41 Å². The van der Waals surface area contributed by atoms with E-state index in [1.54, 1.807) is 0 Å². The van der Waals surface area contributed by atoms with Gasteiger partial charge in [0.2, 0.25) is 11.9 Å². The van der Waals surface area contributed by atoms with E-state index in [-0.39, 0.29) is 43.9 Å². The maximum atomic E-state index is 12.5. The molecule has 0 radical (unpaired) electrons. The van der Waals surface area contributed by atoms with Gasteiger partial charge in [0, 0.05) is 25.8 Å². The van der Waals surface area contributed by atoms with E-state index in [0.717, 1.165) is 12.3 Å². The quantitative estimate of drug-likeness (QED) is 0.611. The molecule has 0 unspecified atom stereocenters. The summed E-state index contributed by atoms with van der Waals surface area (Å²) in [5, 5.41) is 5.38. The summed E-state index contributed by atoms with van der Waals surface area (Å²) in [5.74, 6) is -0.290. The van der Waals surface area contributed by atoms with Gasteiger partial charge in [-0.25, -0.2) is 9.97 Å². The van der Waals surface area contributed by atoms with Gasteiger partial charge in [-0.15, -0.1) is 12.4 Å². The maximum absolute atomic E-state index is 12.5. The number of amides is 1. The summed E-state index contributed by atoms with van der Waals surface area (Å²) in [7, 11) is 0. The monoisotopic (exact) mass is 369 g/mol. The fraction of sp³-hybridized carbons (Fsp3) is 0.643. The molecule has 10 heteroatoms. The van der Waals surface area contributed by atoms with Crippen molar-refractivity contribution in [2.45, 2.75) is 32.9 Å². The number of hydrogen-bond acceptors (Lipinski definition) is 5. The van der Waals surface area contributed by atoms with Crippen LogP contribution in [-0.4, -0.2) is 35.5 Å². The van der Waals surface area contributed by atoms with Crippen LogP contribution in [0.25, 0.3) is 0 Å². The first-order valence-corrected chi connectivity index (χ1v) is 7.41. The summed E-state index contributed by atoms with van der Waals surface area (Å²) in [4.78, 5) is 19.2. The zero-order valence-corrected chi connectivity index (χ0v) is 14.4.